The zero-order chi connectivity index (χ0) is 11.4. The van der Waals surface area contributed by atoms with Gasteiger partial charge in [0.25, 0.3) is 0 Å². The third kappa shape index (κ3) is 2.82. The average Bonchev–Trinajstić information content (AvgIpc) is 2.78. The molecule has 1 aliphatic rings. The van der Waals surface area contributed by atoms with Crippen molar-refractivity contribution in [3.05, 3.63) is 11.7 Å². The Hall–Kier alpha value is -0.900. The van der Waals surface area contributed by atoms with Crippen molar-refractivity contribution in [2.45, 2.75) is 57.4 Å². The summed E-state index contributed by atoms with van der Waals surface area (Å²) in [6, 6.07) is 0.400. The minimum Gasteiger partial charge on any atom is -0.339 e. The van der Waals surface area contributed by atoms with Crippen LogP contribution >= 0.6 is 0 Å². The van der Waals surface area contributed by atoms with Crippen molar-refractivity contribution in [2.24, 2.45) is 0 Å². The second-order valence-electron chi connectivity index (χ2n) is 4.78. The molecule has 0 saturated heterocycles. The second-order valence-corrected chi connectivity index (χ2v) is 4.78. The number of aromatic nitrogens is 2. The molecule has 4 heteroatoms. The first-order valence-electron chi connectivity index (χ1n) is 6.29. The van der Waals surface area contributed by atoms with E-state index in [1.54, 1.807) is 0 Å². The van der Waals surface area contributed by atoms with E-state index in [0.717, 1.165) is 18.1 Å². The van der Waals surface area contributed by atoms with E-state index in [1.165, 1.54) is 32.1 Å². The fourth-order valence-electron chi connectivity index (χ4n) is 2.24. The molecule has 0 amide bonds. The second kappa shape index (κ2) is 5.43. The van der Waals surface area contributed by atoms with E-state index in [0.29, 0.717) is 12.0 Å². The predicted molar refractivity (Wildman–Crippen MR) is 62.3 cm³/mol. The smallest absolute Gasteiger partial charge is 0.229 e. The monoisotopic (exact) mass is 223 g/mol. The molecule has 4 nitrogen and oxygen atoms in total. The number of hydrogen-bond donors (Lipinski definition) is 1. The van der Waals surface area contributed by atoms with Gasteiger partial charge in [-0.05, 0) is 26.8 Å². The van der Waals surface area contributed by atoms with Gasteiger partial charge in [-0.2, -0.15) is 4.98 Å². The van der Waals surface area contributed by atoms with E-state index in [-0.39, 0.29) is 0 Å². The maximum absolute atomic E-state index is 5.36. The van der Waals surface area contributed by atoms with Crippen molar-refractivity contribution in [2.75, 3.05) is 7.05 Å². The first kappa shape index (κ1) is 11.6. The molecule has 1 saturated carbocycles. The quantitative estimate of drug-likeness (QED) is 0.850. The van der Waals surface area contributed by atoms with Gasteiger partial charge in [0.2, 0.25) is 5.89 Å². The lowest BCUT2D eigenvalue weighted by atomic mass is 9.89. The highest BCUT2D eigenvalue weighted by Crippen LogP contribution is 2.31. The lowest BCUT2D eigenvalue weighted by Crippen LogP contribution is -2.24. The Balaban J connectivity index is 1.95. The van der Waals surface area contributed by atoms with Crippen LogP contribution in [-0.4, -0.2) is 23.2 Å². The highest BCUT2D eigenvalue weighted by atomic mass is 16.5. The number of nitrogens with one attached hydrogen (secondary N) is 1. The topological polar surface area (TPSA) is 51.0 Å². The van der Waals surface area contributed by atoms with E-state index >= 15 is 0 Å². The van der Waals surface area contributed by atoms with Crippen molar-refractivity contribution in [3.63, 3.8) is 0 Å². The van der Waals surface area contributed by atoms with Crippen molar-refractivity contribution in [1.29, 1.82) is 0 Å². The molecule has 1 unspecified atom stereocenters. The number of nitrogens with zero attached hydrogens (tertiary/aromatic N) is 2. The highest BCUT2D eigenvalue weighted by Gasteiger charge is 2.21. The summed E-state index contributed by atoms with van der Waals surface area (Å²) in [7, 11) is 1.95. The molecule has 1 atom stereocenters. The molecule has 0 spiro atoms. The van der Waals surface area contributed by atoms with E-state index in [9.17, 15) is 0 Å². The third-order valence-corrected chi connectivity index (χ3v) is 3.42. The normalized spacial score (nSPS) is 19.9. The van der Waals surface area contributed by atoms with Gasteiger partial charge >= 0.3 is 0 Å². The Labute approximate surface area is 96.8 Å². The molecule has 1 fully saturated rings. The molecule has 16 heavy (non-hydrogen) atoms. The van der Waals surface area contributed by atoms with Crippen LogP contribution in [0.25, 0.3) is 0 Å². The summed E-state index contributed by atoms with van der Waals surface area (Å²) in [4.78, 5) is 4.50. The molecule has 1 N–H and O–H groups in total. The molecular formula is C12H21N3O. The first-order chi connectivity index (χ1) is 7.79. The molecule has 0 aliphatic heterocycles. The predicted octanol–water partition coefficient (Wildman–Crippen LogP) is 2.27. The van der Waals surface area contributed by atoms with Crippen molar-refractivity contribution in [1.82, 2.24) is 15.5 Å². The Kier molecular flexibility index (Phi) is 3.93. The van der Waals surface area contributed by atoms with Gasteiger partial charge in [0, 0.05) is 18.4 Å². The third-order valence-electron chi connectivity index (χ3n) is 3.42. The van der Waals surface area contributed by atoms with Crippen LogP contribution in [0.2, 0.25) is 0 Å². The maximum Gasteiger partial charge on any atom is 0.229 e. The van der Waals surface area contributed by atoms with Gasteiger partial charge in [-0.1, -0.05) is 24.4 Å². The molecule has 90 valence electrons. The lowest BCUT2D eigenvalue weighted by Gasteiger charge is -2.17. The summed E-state index contributed by atoms with van der Waals surface area (Å²) in [5, 5.41) is 7.23. The molecule has 0 radical (unpaired) electrons. The number of hydrogen-bond acceptors (Lipinski definition) is 4. The number of rotatable bonds is 4. The summed E-state index contributed by atoms with van der Waals surface area (Å²) < 4.78 is 5.36. The fourth-order valence-corrected chi connectivity index (χ4v) is 2.24. The molecule has 0 bridgehead atoms. The van der Waals surface area contributed by atoms with Gasteiger partial charge in [0.15, 0.2) is 5.82 Å². The first-order valence-corrected chi connectivity index (χ1v) is 6.29. The SMILES string of the molecule is CNC(C)Cc1noc(C2CCCCC2)n1. The van der Waals surface area contributed by atoms with Crippen LogP contribution in [0.5, 0.6) is 0 Å². The van der Waals surface area contributed by atoms with Crippen LogP contribution in [0.4, 0.5) is 0 Å². The Morgan fingerprint density at radius 1 is 1.38 bits per heavy atom. The number of likely N-dealkylation sites (N-methyl/N-ethyl adjacent to an activating group) is 1. The summed E-state index contributed by atoms with van der Waals surface area (Å²) in [5.41, 5.74) is 0. The molecule has 1 heterocycles. The largest absolute Gasteiger partial charge is 0.339 e. The molecule has 0 aromatic carbocycles. The van der Waals surface area contributed by atoms with Crippen molar-refractivity contribution >= 4 is 0 Å². The summed E-state index contributed by atoms with van der Waals surface area (Å²) >= 11 is 0. The van der Waals surface area contributed by atoms with Gasteiger partial charge in [0.1, 0.15) is 0 Å². The van der Waals surface area contributed by atoms with Crippen LogP contribution < -0.4 is 5.32 Å². The molecule has 1 aromatic heterocycles. The zero-order valence-electron chi connectivity index (χ0n) is 10.2. The Morgan fingerprint density at radius 3 is 2.81 bits per heavy atom. The lowest BCUT2D eigenvalue weighted by molar-refractivity contribution is 0.311. The van der Waals surface area contributed by atoms with Crippen LogP contribution in [0, 0.1) is 0 Å². The highest BCUT2D eigenvalue weighted by molar-refractivity contribution is 4.96. The Morgan fingerprint density at radius 2 is 2.12 bits per heavy atom. The molecule has 1 aliphatic carbocycles. The van der Waals surface area contributed by atoms with Gasteiger partial charge < -0.3 is 9.84 Å². The van der Waals surface area contributed by atoms with Crippen LogP contribution in [-0.2, 0) is 6.42 Å². The van der Waals surface area contributed by atoms with E-state index in [4.69, 9.17) is 4.52 Å². The van der Waals surface area contributed by atoms with Crippen molar-refractivity contribution in [3.8, 4) is 0 Å². The zero-order valence-corrected chi connectivity index (χ0v) is 10.2. The maximum atomic E-state index is 5.36. The van der Waals surface area contributed by atoms with Crippen LogP contribution in [0.3, 0.4) is 0 Å². The summed E-state index contributed by atoms with van der Waals surface area (Å²) in [5.74, 6) is 2.21. The van der Waals surface area contributed by atoms with Gasteiger partial charge in [-0.25, -0.2) is 0 Å². The Bertz CT molecular complexity index is 318. The molecular weight excluding hydrogens is 202 g/mol. The van der Waals surface area contributed by atoms with Crippen LogP contribution in [0.15, 0.2) is 4.52 Å². The average molecular weight is 223 g/mol. The fraction of sp³-hybridized carbons (Fsp3) is 0.833. The van der Waals surface area contributed by atoms with Gasteiger partial charge in [0.05, 0.1) is 0 Å². The summed E-state index contributed by atoms with van der Waals surface area (Å²) in [6.07, 6.45) is 7.22. The standard InChI is InChI=1S/C12H21N3O/c1-9(13-2)8-11-14-12(16-15-11)10-6-4-3-5-7-10/h9-10,13H,3-8H2,1-2H3. The van der Waals surface area contributed by atoms with E-state index in [2.05, 4.69) is 22.4 Å². The minimum absolute atomic E-state index is 0.400. The molecule has 2 rings (SSSR count). The van der Waals surface area contributed by atoms with Crippen molar-refractivity contribution < 1.29 is 4.52 Å². The van der Waals surface area contributed by atoms with E-state index < -0.39 is 0 Å². The minimum atomic E-state index is 0.400. The molecule has 1 aromatic rings. The summed E-state index contributed by atoms with van der Waals surface area (Å²) in [6.45, 7) is 2.12. The van der Waals surface area contributed by atoms with Gasteiger partial charge in [-0.3, -0.25) is 0 Å². The van der Waals surface area contributed by atoms with E-state index in [1.807, 2.05) is 7.05 Å². The van der Waals surface area contributed by atoms with Gasteiger partial charge in [-0.15, -0.1) is 0 Å². The van der Waals surface area contributed by atoms with Crippen LogP contribution in [0.1, 0.15) is 56.7 Å².